The summed E-state index contributed by atoms with van der Waals surface area (Å²) >= 11 is 12.4. The van der Waals surface area contributed by atoms with Crippen molar-refractivity contribution in [2.75, 3.05) is 18.5 Å². The van der Waals surface area contributed by atoms with E-state index in [1.54, 1.807) is 56.3 Å². The van der Waals surface area contributed by atoms with Gasteiger partial charge in [-0.3, -0.25) is 9.36 Å². The molecule has 34 heavy (non-hydrogen) atoms. The third kappa shape index (κ3) is 3.87. The van der Waals surface area contributed by atoms with E-state index in [-0.39, 0.29) is 29.8 Å². The summed E-state index contributed by atoms with van der Waals surface area (Å²) in [6.07, 6.45) is 1.43. The number of nitriles is 1. The molecule has 176 valence electrons. The Kier molecular flexibility index (Phi) is 6.21. The number of halogens is 2. The van der Waals surface area contributed by atoms with Gasteiger partial charge in [-0.25, -0.2) is 18.3 Å². The molecule has 0 spiro atoms. The Balaban J connectivity index is 1.93. The van der Waals surface area contributed by atoms with Crippen molar-refractivity contribution in [3.63, 3.8) is 0 Å². The zero-order valence-electron chi connectivity index (χ0n) is 18.7. The van der Waals surface area contributed by atoms with E-state index in [0.717, 1.165) is 5.56 Å². The second kappa shape index (κ2) is 8.71. The monoisotopic (exact) mass is 517 g/mol. The number of hydrogen-bond donors (Lipinski definition) is 0. The van der Waals surface area contributed by atoms with Crippen LogP contribution in [0.5, 0.6) is 0 Å². The highest BCUT2D eigenvalue weighted by molar-refractivity contribution is 7.89. The number of rotatable bonds is 6. The third-order valence-corrected chi connectivity index (χ3v) is 8.26. The minimum Gasteiger partial charge on any atom is -0.284 e. The molecule has 0 aliphatic carbocycles. The highest BCUT2D eigenvalue weighted by atomic mass is 35.5. The zero-order chi connectivity index (χ0) is 24.8. The second-order valence-electron chi connectivity index (χ2n) is 8.18. The number of aromatic nitrogens is 2. The van der Waals surface area contributed by atoms with Crippen LogP contribution in [0, 0.1) is 11.3 Å². The van der Waals surface area contributed by atoms with E-state index in [2.05, 4.69) is 11.1 Å². The summed E-state index contributed by atoms with van der Waals surface area (Å²) in [6.45, 7) is 3.65. The van der Waals surface area contributed by atoms with E-state index in [4.69, 9.17) is 28.5 Å². The maximum atomic E-state index is 13.9. The summed E-state index contributed by atoms with van der Waals surface area (Å²) in [4.78, 5) is 19.6. The fourth-order valence-electron chi connectivity index (χ4n) is 4.04. The topological polar surface area (TPSA) is 99.3 Å². The molecule has 0 saturated carbocycles. The van der Waals surface area contributed by atoms with Crippen molar-refractivity contribution in [2.45, 2.75) is 30.8 Å². The third-order valence-electron chi connectivity index (χ3n) is 5.93. The molecule has 1 aliphatic rings. The van der Waals surface area contributed by atoms with E-state index in [1.165, 1.54) is 27.0 Å². The minimum atomic E-state index is -3.93. The Hall–Kier alpha value is -2.90. The smallest absolute Gasteiger partial charge is 0.260 e. The van der Waals surface area contributed by atoms with Gasteiger partial charge >= 0.3 is 0 Å². The fourth-order valence-corrected chi connectivity index (χ4v) is 5.91. The summed E-state index contributed by atoms with van der Waals surface area (Å²) < 4.78 is 29.3. The maximum absolute atomic E-state index is 13.9. The Morgan fingerprint density at radius 1 is 1.15 bits per heavy atom. The zero-order valence-corrected chi connectivity index (χ0v) is 21.0. The molecule has 11 heteroatoms. The van der Waals surface area contributed by atoms with E-state index in [1.807, 2.05) is 0 Å². The lowest BCUT2D eigenvalue weighted by atomic mass is 9.91. The number of carbonyl (C=O) groups is 1. The van der Waals surface area contributed by atoms with Crippen molar-refractivity contribution in [2.24, 2.45) is 0 Å². The molecule has 1 atom stereocenters. The number of hydrogen-bond acceptors (Lipinski definition) is 5. The summed E-state index contributed by atoms with van der Waals surface area (Å²) in [5.74, 6) is -0.226. The lowest BCUT2D eigenvalue weighted by Gasteiger charge is -2.27. The van der Waals surface area contributed by atoms with Crippen LogP contribution in [0.3, 0.4) is 0 Å². The highest BCUT2D eigenvalue weighted by Gasteiger charge is 2.52. The van der Waals surface area contributed by atoms with E-state index in [0.29, 0.717) is 21.3 Å². The molecule has 0 fully saturated rings. The first-order valence-electron chi connectivity index (χ1n) is 10.4. The van der Waals surface area contributed by atoms with Gasteiger partial charge in [0, 0.05) is 30.1 Å². The van der Waals surface area contributed by atoms with Gasteiger partial charge in [0.25, 0.3) is 15.9 Å². The first kappa shape index (κ1) is 24.2. The molecule has 0 radical (unpaired) electrons. The maximum Gasteiger partial charge on any atom is 0.260 e. The highest BCUT2D eigenvalue weighted by Crippen LogP contribution is 2.44. The number of benzene rings is 2. The van der Waals surface area contributed by atoms with Gasteiger partial charge in [0.2, 0.25) is 5.95 Å². The quantitative estimate of drug-likeness (QED) is 0.484. The van der Waals surface area contributed by atoms with Gasteiger partial charge in [-0.1, -0.05) is 42.3 Å². The van der Waals surface area contributed by atoms with Crippen LogP contribution in [-0.2, 0) is 26.8 Å². The standard InChI is InChI=1S/C23H21Cl2N5O3S/c1-4-28(3)34(32,33)20-14-27-22-29(19-10-17(24)9-18(25)11-19)21(31)23(2,30(20)22)12-15-5-7-16(13-26)8-6-15/h5-11,14H,4,12H2,1-3H3/t23-/m1/s1. The Morgan fingerprint density at radius 3 is 2.32 bits per heavy atom. The van der Waals surface area contributed by atoms with Crippen LogP contribution in [0.15, 0.2) is 53.7 Å². The molecule has 2 heterocycles. The molecule has 4 rings (SSSR count). The number of sulfonamides is 1. The Bertz CT molecular complexity index is 1410. The molecule has 0 bridgehead atoms. The first-order chi connectivity index (χ1) is 16.0. The van der Waals surface area contributed by atoms with Crippen LogP contribution >= 0.6 is 23.2 Å². The van der Waals surface area contributed by atoms with Crippen molar-refractivity contribution in [3.05, 3.63) is 69.8 Å². The van der Waals surface area contributed by atoms with Gasteiger partial charge in [-0.15, -0.1) is 0 Å². The predicted octanol–water partition coefficient (Wildman–Crippen LogP) is 4.34. The average Bonchev–Trinajstić information content (AvgIpc) is 3.32. The van der Waals surface area contributed by atoms with Gasteiger partial charge in [0.15, 0.2) is 5.03 Å². The second-order valence-corrected chi connectivity index (χ2v) is 11.0. The summed E-state index contributed by atoms with van der Waals surface area (Å²) in [5, 5.41) is 9.66. The number of nitrogens with zero attached hydrogens (tertiary/aromatic N) is 5. The molecule has 2 aromatic carbocycles. The Labute approximate surface area is 208 Å². The number of fused-ring (bicyclic) bond motifs is 1. The number of amides is 1. The van der Waals surface area contributed by atoms with Crippen molar-refractivity contribution >= 4 is 50.8 Å². The van der Waals surface area contributed by atoms with Gasteiger partial charge in [-0.05, 0) is 42.8 Å². The summed E-state index contributed by atoms with van der Waals surface area (Å²) in [6, 6.07) is 13.6. The van der Waals surface area contributed by atoms with E-state index < -0.39 is 15.6 Å². The Morgan fingerprint density at radius 2 is 1.76 bits per heavy atom. The number of imidazole rings is 1. The van der Waals surface area contributed by atoms with Crippen LogP contribution in [0.2, 0.25) is 10.0 Å². The van der Waals surface area contributed by atoms with Crippen LogP contribution in [0.25, 0.3) is 0 Å². The molecule has 0 saturated heterocycles. The van der Waals surface area contributed by atoms with Crippen LogP contribution in [0.4, 0.5) is 11.6 Å². The lowest BCUT2D eigenvalue weighted by Crippen LogP contribution is -2.42. The van der Waals surface area contributed by atoms with Crippen molar-refractivity contribution in [1.29, 1.82) is 5.26 Å². The van der Waals surface area contributed by atoms with E-state index in [9.17, 15) is 13.2 Å². The van der Waals surface area contributed by atoms with Gasteiger partial charge in [0.05, 0.1) is 23.5 Å². The van der Waals surface area contributed by atoms with Crippen molar-refractivity contribution < 1.29 is 13.2 Å². The molecule has 1 aromatic heterocycles. The van der Waals surface area contributed by atoms with Gasteiger partial charge in [-0.2, -0.15) is 9.57 Å². The van der Waals surface area contributed by atoms with Crippen LogP contribution in [0.1, 0.15) is 25.0 Å². The predicted molar refractivity (Wildman–Crippen MR) is 130 cm³/mol. The van der Waals surface area contributed by atoms with Gasteiger partial charge < -0.3 is 0 Å². The van der Waals surface area contributed by atoms with Crippen LogP contribution in [-0.4, -0.2) is 41.8 Å². The molecule has 1 amide bonds. The SMILES string of the molecule is CCN(C)S(=O)(=O)c1cnc2n1[C@](C)(Cc1ccc(C#N)cc1)C(=O)N2c1cc(Cl)cc(Cl)c1. The molecule has 3 aromatic rings. The molecule has 8 nitrogen and oxygen atoms in total. The largest absolute Gasteiger partial charge is 0.284 e. The minimum absolute atomic E-state index is 0.0908. The molecule has 1 aliphatic heterocycles. The van der Waals surface area contributed by atoms with Gasteiger partial charge in [0.1, 0.15) is 5.54 Å². The summed E-state index contributed by atoms with van der Waals surface area (Å²) in [5.41, 5.74) is 0.294. The van der Waals surface area contributed by atoms with Crippen molar-refractivity contribution in [3.8, 4) is 6.07 Å². The first-order valence-corrected chi connectivity index (χ1v) is 12.6. The normalized spacial score (nSPS) is 17.8. The fraction of sp³-hybridized carbons (Fsp3) is 0.261. The van der Waals surface area contributed by atoms with Crippen molar-refractivity contribution in [1.82, 2.24) is 13.9 Å². The molecular weight excluding hydrogens is 497 g/mol. The van der Waals surface area contributed by atoms with Crippen LogP contribution < -0.4 is 4.90 Å². The molecular formula is C23H21Cl2N5O3S. The average molecular weight is 518 g/mol. The summed E-state index contributed by atoms with van der Waals surface area (Å²) in [7, 11) is -2.46. The number of carbonyl (C=O) groups excluding carboxylic acids is 1. The van der Waals surface area contributed by atoms with E-state index >= 15 is 0 Å². The number of anilines is 2. The lowest BCUT2D eigenvalue weighted by molar-refractivity contribution is -0.124. The molecule has 0 N–H and O–H groups in total. The molecule has 0 unspecified atom stereocenters.